The minimum atomic E-state index is -0.574. The Hall–Kier alpha value is -2.11. The van der Waals surface area contributed by atoms with Crippen molar-refractivity contribution in [1.29, 1.82) is 5.26 Å². The average molecular weight is 306 g/mol. The molecule has 1 saturated heterocycles. The molecule has 1 heterocycles. The predicted octanol–water partition coefficient (Wildman–Crippen LogP) is 1.50. The quantitative estimate of drug-likeness (QED) is 0.644. The molecular formula is C13H14N4O3S. The van der Waals surface area contributed by atoms with Gasteiger partial charge in [-0.1, -0.05) is 0 Å². The van der Waals surface area contributed by atoms with Gasteiger partial charge in [-0.25, -0.2) is 0 Å². The van der Waals surface area contributed by atoms with Crippen LogP contribution in [0.2, 0.25) is 0 Å². The number of nitrogens with one attached hydrogen (secondary N) is 2. The molecule has 1 unspecified atom stereocenters. The zero-order valence-corrected chi connectivity index (χ0v) is 12.0. The Bertz CT molecular complexity index is 594. The van der Waals surface area contributed by atoms with Crippen LogP contribution in [0.15, 0.2) is 18.2 Å². The highest BCUT2D eigenvalue weighted by Crippen LogP contribution is 2.22. The van der Waals surface area contributed by atoms with Crippen molar-refractivity contribution in [2.75, 3.05) is 23.4 Å². The first-order valence-corrected chi connectivity index (χ1v) is 7.55. The zero-order valence-electron chi connectivity index (χ0n) is 11.2. The number of nitro groups is 1. The summed E-state index contributed by atoms with van der Waals surface area (Å²) in [6, 6.07) is 5.79. The van der Waals surface area contributed by atoms with Crippen molar-refractivity contribution in [3.05, 3.63) is 33.9 Å². The summed E-state index contributed by atoms with van der Waals surface area (Å²) in [6.07, 6.45) is 0.314. The van der Waals surface area contributed by atoms with E-state index < -0.39 is 4.92 Å². The van der Waals surface area contributed by atoms with Crippen molar-refractivity contribution in [3.63, 3.8) is 0 Å². The van der Waals surface area contributed by atoms with Crippen LogP contribution in [0, 0.1) is 21.4 Å². The number of hydrogen-bond donors (Lipinski definition) is 2. The van der Waals surface area contributed by atoms with Gasteiger partial charge in [0.15, 0.2) is 0 Å². The Morgan fingerprint density at radius 3 is 3.05 bits per heavy atom. The number of carbonyl (C=O) groups excluding carboxylic acids is 1. The molecule has 1 fully saturated rings. The van der Waals surface area contributed by atoms with Crippen LogP contribution in [-0.4, -0.2) is 34.9 Å². The van der Waals surface area contributed by atoms with E-state index in [1.165, 1.54) is 12.1 Å². The summed E-state index contributed by atoms with van der Waals surface area (Å²) in [5.74, 6) is 1.71. The Labute approximate surface area is 125 Å². The molecule has 1 atom stereocenters. The molecule has 0 spiro atoms. The van der Waals surface area contributed by atoms with Crippen molar-refractivity contribution < 1.29 is 9.72 Å². The largest absolute Gasteiger partial charge is 0.325 e. The highest BCUT2D eigenvalue weighted by atomic mass is 32.2. The first-order valence-electron chi connectivity index (χ1n) is 6.39. The van der Waals surface area contributed by atoms with Gasteiger partial charge < -0.3 is 10.6 Å². The number of carbonyl (C=O) groups is 1. The molecule has 1 aromatic rings. The third-order valence-corrected chi connectivity index (χ3v) is 4.17. The van der Waals surface area contributed by atoms with Gasteiger partial charge in [-0.15, -0.1) is 0 Å². The van der Waals surface area contributed by atoms with Crippen molar-refractivity contribution in [1.82, 2.24) is 5.32 Å². The molecule has 7 nitrogen and oxygen atoms in total. The highest BCUT2D eigenvalue weighted by molar-refractivity contribution is 7.99. The van der Waals surface area contributed by atoms with Crippen molar-refractivity contribution in [3.8, 4) is 6.07 Å². The second-order valence-electron chi connectivity index (χ2n) is 4.58. The van der Waals surface area contributed by atoms with Crippen LogP contribution in [0.25, 0.3) is 0 Å². The summed E-state index contributed by atoms with van der Waals surface area (Å²) in [5, 5.41) is 25.6. The second-order valence-corrected chi connectivity index (χ2v) is 5.73. The predicted molar refractivity (Wildman–Crippen MR) is 80.2 cm³/mol. The van der Waals surface area contributed by atoms with Gasteiger partial charge in [-0.3, -0.25) is 14.9 Å². The Morgan fingerprint density at radius 2 is 2.43 bits per heavy atom. The van der Waals surface area contributed by atoms with Crippen molar-refractivity contribution in [2.45, 2.75) is 12.5 Å². The van der Waals surface area contributed by atoms with Gasteiger partial charge >= 0.3 is 0 Å². The molecule has 0 bridgehead atoms. The van der Waals surface area contributed by atoms with Crippen LogP contribution in [0.3, 0.4) is 0 Å². The molecule has 21 heavy (non-hydrogen) atoms. The van der Waals surface area contributed by atoms with E-state index in [2.05, 4.69) is 10.6 Å². The fourth-order valence-electron chi connectivity index (χ4n) is 2.02. The number of nitriles is 1. The number of hydrogen-bond acceptors (Lipinski definition) is 6. The number of nitrogens with zero attached hydrogens (tertiary/aromatic N) is 2. The number of benzene rings is 1. The molecular weight excluding hydrogens is 292 g/mol. The van der Waals surface area contributed by atoms with E-state index in [0.717, 1.165) is 24.1 Å². The zero-order chi connectivity index (χ0) is 15.2. The molecule has 0 radical (unpaired) electrons. The maximum atomic E-state index is 12.0. The fourth-order valence-corrected chi connectivity index (χ4v) is 2.97. The lowest BCUT2D eigenvalue weighted by atomic mass is 10.1. The van der Waals surface area contributed by atoms with Crippen molar-refractivity contribution >= 4 is 29.0 Å². The molecule has 0 aromatic heterocycles. The third kappa shape index (κ3) is 4.18. The molecule has 1 aromatic carbocycles. The lowest BCUT2D eigenvalue weighted by Crippen LogP contribution is -2.39. The Kier molecular flexibility index (Phi) is 5.14. The van der Waals surface area contributed by atoms with Crippen LogP contribution >= 0.6 is 11.8 Å². The first-order chi connectivity index (χ1) is 10.1. The van der Waals surface area contributed by atoms with Gasteiger partial charge in [0.25, 0.3) is 5.69 Å². The monoisotopic (exact) mass is 306 g/mol. The number of nitro benzene ring substituents is 1. The van der Waals surface area contributed by atoms with Crippen LogP contribution in [0.1, 0.15) is 12.0 Å². The topological polar surface area (TPSA) is 108 Å². The van der Waals surface area contributed by atoms with E-state index in [4.69, 9.17) is 5.26 Å². The standard InChI is InChI=1S/C13H14N4O3S/c14-7-9-5-11(17(19)20)1-2-12(9)16-13(18)6-10-8-21-4-3-15-10/h1-2,5,10,15H,3-4,6,8H2,(H,16,18). The highest BCUT2D eigenvalue weighted by Gasteiger charge is 2.18. The maximum Gasteiger partial charge on any atom is 0.270 e. The van der Waals surface area contributed by atoms with Crippen LogP contribution < -0.4 is 10.6 Å². The van der Waals surface area contributed by atoms with Gasteiger partial charge in [0, 0.05) is 42.6 Å². The Morgan fingerprint density at radius 1 is 1.62 bits per heavy atom. The molecule has 2 N–H and O–H groups in total. The molecule has 110 valence electrons. The van der Waals surface area contributed by atoms with E-state index in [9.17, 15) is 14.9 Å². The molecule has 1 aliphatic rings. The van der Waals surface area contributed by atoms with Crippen LogP contribution in [0.5, 0.6) is 0 Å². The van der Waals surface area contributed by atoms with Crippen molar-refractivity contribution in [2.24, 2.45) is 0 Å². The van der Waals surface area contributed by atoms with E-state index in [-0.39, 0.29) is 23.2 Å². The lowest BCUT2D eigenvalue weighted by Gasteiger charge is -2.22. The smallest absolute Gasteiger partial charge is 0.270 e. The van der Waals surface area contributed by atoms with Gasteiger partial charge in [0.2, 0.25) is 5.91 Å². The summed E-state index contributed by atoms with van der Waals surface area (Å²) < 4.78 is 0. The fraction of sp³-hybridized carbons (Fsp3) is 0.385. The second kappa shape index (κ2) is 7.06. The third-order valence-electron chi connectivity index (χ3n) is 3.04. The minimum Gasteiger partial charge on any atom is -0.325 e. The average Bonchev–Trinajstić information content (AvgIpc) is 2.48. The normalized spacial score (nSPS) is 17.8. The van der Waals surface area contributed by atoms with Crippen LogP contribution in [-0.2, 0) is 4.79 Å². The minimum absolute atomic E-state index is 0.0866. The van der Waals surface area contributed by atoms with Gasteiger partial charge in [-0.2, -0.15) is 17.0 Å². The maximum absolute atomic E-state index is 12.0. The number of non-ortho nitro benzene ring substituents is 1. The Balaban J connectivity index is 2.03. The molecule has 0 aliphatic carbocycles. The first kappa shape index (κ1) is 15.3. The molecule has 8 heteroatoms. The van der Waals surface area contributed by atoms with E-state index in [0.29, 0.717) is 12.1 Å². The van der Waals surface area contributed by atoms with Gasteiger partial charge in [0.1, 0.15) is 6.07 Å². The summed E-state index contributed by atoms with van der Waals surface area (Å²) in [7, 11) is 0. The summed E-state index contributed by atoms with van der Waals surface area (Å²) in [5.41, 5.74) is 0.218. The van der Waals surface area contributed by atoms with Gasteiger partial charge in [-0.05, 0) is 6.07 Å². The summed E-state index contributed by atoms with van der Waals surface area (Å²) >= 11 is 1.79. The molecule has 2 rings (SSSR count). The summed E-state index contributed by atoms with van der Waals surface area (Å²) in [4.78, 5) is 22.1. The van der Waals surface area contributed by atoms with E-state index in [1.54, 1.807) is 11.8 Å². The summed E-state index contributed by atoms with van der Waals surface area (Å²) in [6.45, 7) is 0.879. The van der Waals surface area contributed by atoms with E-state index in [1.807, 2.05) is 6.07 Å². The van der Waals surface area contributed by atoms with Crippen LogP contribution in [0.4, 0.5) is 11.4 Å². The SMILES string of the molecule is N#Cc1cc([N+](=O)[O-])ccc1NC(=O)CC1CSCCN1. The van der Waals surface area contributed by atoms with Gasteiger partial charge in [0.05, 0.1) is 16.2 Å². The number of anilines is 1. The molecule has 1 aliphatic heterocycles. The number of amides is 1. The lowest BCUT2D eigenvalue weighted by molar-refractivity contribution is -0.384. The molecule has 1 amide bonds. The number of thioether (sulfide) groups is 1. The van der Waals surface area contributed by atoms with E-state index >= 15 is 0 Å². The molecule has 0 saturated carbocycles. The number of rotatable bonds is 4.